The molecule has 0 heterocycles. The van der Waals surface area contributed by atoms with Crippen molar-refractivity contribution in [2.24, 2.45) is 0 Å². The fourth-order valence-electron chi connectivity index (χ4n) is 1.74. The molecule has 0 aliphatic heterocycles. The minimum Gasteiger partial charge on any atom is -0.263 e. The first-order valence-corrected chi connectivity index (χ1v) is 7.01. The third-order valence-corrected chi connectivity index (χ3v) is 3.26. The molecule has 96 valence electrons. The highest BCUT2D eigenvalue weighted by Gasteiger charge is 2.11. The lowest BCUT2D eigenvalue weighted by molar-refractivity contribution is -0.495. The summed E-state index contributed by atoms with van der Waals surface area (Å²) in [5.41, 5.74) is 0. The van der Waals surface area contributed by atoms with Crippen LogP contribution in [0.2, 0.25) is 0 Å². The SMILES string of the molecule is CCCCCCCCCCCC(S)[N+](=O)[O-]. The highest BCUT2D eigenvalue weighted by atomic mass is 32.1. The summed E-state index contributed by atoms with van der Waals surface area (Å²) >= 11 is 3.91. The summed E-state index contributed by atoms with van der Waals surface area (Å²) in [4.78, 5) is 9.98. The maximum atomic E-state index is 10.3. The Morgan fingerprint density at radius 1 is 1.00 bits per heavy atom. The van der Waals surface area contributed by atoms with E-state index >= 15 is 0 Å². The van der Waals surface area contributed by atoms with Gasteiger partial charge in [0.05, 0.1) is 0 Å². The third kappa shape index (κ3) is 10.3. The number of thiol groups is 1. The first-order valence-electron chi connectivity index (χ1n) is 6.50. The Labute approximate surface area is 105 Å². The largest absolute Gasteiger partial charge is 0.263 e. The van der Waals surface area contributed by atoms with E-state index in [1.54, 1.807) is 0 Å². The quantitative estimate of drug-likeness (QED) is 0.193. The van der Waals surface area contributed by atoms with Crippen LogP contribution in [0.4, 0.5) is 0 Å². The summed E-state index contributed by atoms with van der Waals surface area (Å²) < 4.78 is 0. The molecule has 0 aromatic carbocycles. The van der Waals surface area contributed by atoms with Crippen LogP contribution in [0.15, 0.2) is 0 Å². The van der Waals surface area contributed by atoms with Gasteiger partial charge in [-0.25, -0.2) is 0 Å². The molecule has 0 saturated carbocycles. The van der Waals surface area contributed by atoms with Crippen LogP contribution in [-0.2, 0) is 0 Å². The minimum atomic E-state index is -0.662. The monoisotopic (exact) mass is 247 g/mol. The van der Waals surface area contributed by atoms with Crippen LogP contribution in [0.1, 0.15) is 71.1 Å². The Morgan fingerprint density at radius 2 is 1.44 bits per heavy atom. The number of nitro groups is 1. The zero-order valence-corrected chi connectivity index (χ0v) is 11.3. The zero-order chi connectivity index (χ0) is 12.2. The van der Waals surface area contributed by atoms with Gasteiger partial charge in [-0.2, -0.15) is 0 Å². The zero-order valence-electron chi connectivity index (χ0n) is 10.4. The van der Waals surface area contributed by atoms with Gasteiger partial charge >= 0.3 is 0 Å². The lowest BCUT2D eigenvalue weighted by Gasteiger charge is -2.03. The van der Waals surface area contributed by atoms with Crippen molar-refractivity contribution in [3.05, 3.63) is 10.1 Å². The van der Waals surface area contributed by atoms with Crippen LogP contribution < -0.4 is 0 Å². The first-order chi connectivity index (χ1) is 7.68. The number of unbranched alkanes of at least 4 members (excludes halogenated alkanes) is 8. The molecular weight excluding hydrogens is 222 g/mol. The van der Waals surface area contributed by atoms with E-state index in [0.29, 0.717) is 6.42 Å². The predicted molar refractivity (Wildman–Crippen MR) is 71.6 cm³/mol. The van der Waals surface area contributed by atoms with Crippen molar-refractivity contribution in [3.8, 4) is 0 Å². The van der Waals surface area contributed by atoms with E-state index in [2.05, 4.69) is 19.6 Å². The Balaban J connectivity index is 3.07. The smallest absolute Gasteiger partial charge is 0.255 e. The van der Waals surface area contributed by atoms with E-state index in [1.807, 2.05) is 0 Å². The van der Waals surface area contributed by atoms with Gasteiger partial charge in [-0.05, 0) is 6.42 Å². The van der Waals surface area contributed by atoms with Crippen LogP contribution in [0.5, 0.6) is 0 Å². The van der Waals surface area contributed by atoms with Gasteiger partial charge in [-0.1, -0.05) is 58.3 Å². The topological polar surface area (TPSA) is 43.1 Å². The maximum Gasteiger partial charge on any atom is 0.255 e. The molecule has 0 aliphatic carbocycles. The number of nitrogens with zero attached hydrogens (tertiary/aromatic N) is 1. The van der Waals surface area contributed by atoms with Crippen molar-refractivity contribution in [2.75, 3.05) is 0 Å². The molecule has 0 fully saturated rings. The molecule has 0 aromatic rings. The molecule has 1 atom stereocenters. The molecule has 3 nitrogen and oxygen atoms in total. The van der Waals surface area contributed by atoms with Gasteiger partial charge in [0.1, 0.15) is 0 Å². The highest BCUT2D eigenvalue weighted by Crippen LogP contribution is 2.13. The third-order valence-electron chi connectivity index (χ3n) is 2.81. The van der Waals surface area contributed by atoms with E-state index in [-0.39, 0.29) is 4.92 Å². The molecule has 0 bridgehead atoms. The van der Waals surface area contributed by atoms with Crippen LogP contribution in [0.3, 0.4) is 0 Å². The van der Waals surface area contributed by atoms with E-state index < -0.39 is 5.37 Å². The summed E-state index contributed by atoms with van der Waals surface area (Å²) in [5, 5.41) is 9.63. The molecule has 0 aromatic heterocycles. The van der Waals surface area contributed by atoms with Crippen molar-refractivity contribution in [3.63, 3.8) is 0 Å². The van der Waals surface area contributed by atoms with Gasteiger partial charge in [-0.15, -0.1) is 12.6 Å². The van der Waals surface area contributed by atoms with E-state index in [9.17, 15) is 10.1 Å². The van der Waals surface area contributed by atoms with Gasteiger partial charge in [0.2, 0.25) is 0 Å². The van der Waals surface area contributed by atoms with Crippen molar-refractivity contribution >= 4 is 12.6 Å². The summed E-state index contributed by atoms with van der Waals surface area (Å²) in [6.07, 6.45) is 11.8. The van der Waals surface area contributed by atoms with E-state index in [4.69, 9.17) is 0 Å². The fraction of sp³-hybridized carbons (Fsp3) is 1.00. The van der Waals surface area contributed by atoms with Crippen molar-refractivity contribution in [1.29, 1.82) is 0 Å². The normalized spacial score (nSPS) is 12.6. The van der Waals surface area contributed by atoms with Crippen LogP contribution in [0, 0.1) is 10.1 Å². The van der Waals surface area contributed by atoms with Gasteiger partial charge in [0.25, 0.3) is 5.37 Å². The predicted octanol–water partition coefficient (Wildman–Crippen LogP) is 4.44. The second kappa shape index (κ2) is 11.2. The minimum absolute atomic E-state index is 0.312. The maximum absolute atomic E-state index is 10.3. The van der Waals surface area contributed by atoms with Crippen molar-refractivity contribution in [1.82, 2.24) is 0 Å². The standard InChI is InChI=1S/C12H25NO2S/c1-2-3-4-5-6-7-8-9-10-11-12(16)13(14)15/h12,16H,2-11H2,1H3. The molecular formula is C12H25NO2S. The van der Waals surface area contributed by atoms with Gasteiger partial charge in [0, 0.05) is 11.3 Å². The van der Waals surface area contributed by atoms with Crippen LogP contribution in [0.25, 0.3) is 0 Å². The summed E-state index contributed by atoms with van der Waals surface area (Å²) in [6, 6.07) is 0. The average Bonchev–Trinajstić information content (AvgIpc) is 2.26. The molecule has 0 amide bonds. The second-order valence-electron chi connectivity index (χ2n) is 4.38. The first kappa shape index (κ1) is 15.8. The molecule has 16 heavy (non-hydrogen) atoms. The Morgan fingerprint density at radius 3 is 1.88 bits per heavy atom. The summed E-state index contributed by atoms with van der Waals surface area (Å²) in [5.74, 6) is 0. The number of hydrogen-bond acceptors (Lipinski definition) is 3. The molecule has 4 heteroatoms. The van der Waals surface area contributed by atoms with E-state index in [0.717, 1.165) is 12.8 Å². The molecule has 1 unspecified atom stereocenters. The lowest BCUT2D eigenvalue weighted by atomic mass is 10.1. The molecule has 0 rings (SSSR count). The molecule has 0 spiro atoms. The molecule has 0 aliphatic rings. The van der Waals surface area contributed by atoms with Gasteiger partial charge < -0.3 is 0 Å². The molecule has 0 radical (unpaired) electrons. The lowest BCUT2D eigenvalue weighted by Crippen LogP contribution is -2.11. The second-order valence-corrected chi connectivity index (χ2v) is 4.98. The summed E-state index contributed by atoms with van der Waals surface area (Å²) in [6.45, 7) is 2.23. The van der Waals surface area contributed by atoms with Crippen LogP contribution in [-0.4, -0.2) is 10.3 Å². The van der Waals surface area contributed by atoms with Crippen molar-refractivity contribution < 1.29 is 4.92 Å². The molecule has 0 saturated heterocycles. The number of hydrogen-bond donors (Lipinski definition) is 1. The van der Waals surface area contributed by atoms with Gasteiger partial charge in [0.15, 0.2) is 0 Å². The van der Waals surface area contributed by atoms with Crippen LogP contribution >= 0.6 is 12.6 Å². The molecule has 0 N–H and O–H groups in total. The average molecular weight is 247 g/mol. The Kier molecular flexibility index (Phi) is 11.1. The summed E-state index contributed by atoms with van der Waals surface area (Å²) in [7, 11) is 0. The van der Waals surface area contributed by atoms with Crippen molar-refractivity contribution in [2.45, 2.75) is 76.5 Å². The fourth-order valence-corrected chi connectivity index (χ4v) is 1.93. The number of rotatable bonds is 11. The Hall–Kier alpha value is -0.250. The van der Waals surface area contributed by atoms with E-state index in [1.165, 1.54) is 44.9 Å². The Bertz CT molecular complexity index is 176. The van der Waals surface area contributed by atoms with Gasteiger partial charge in [-0.3, -0.25) is 10.1 Å². The highest BCUT2D eigenvalue weighted by molar-refractivity contribution is 7.80.